The Morgan fingerprint density at radius 2 is 1.48 bits per heavy atom. The van der Waals surface area contributed by atoms with Gasteiger partial charge in [0.25, 0.3) is 0 Å². The van der Waals surface area contributed by atoms with Crippen molar-refractivity contribution < 1.29 is 38.2 Å². The molecule has 2 N–H and O–H groups in total. The molecule has 0 aliphatic carbocycles. The van der Waals surface area contributed by atoms with E-state index in [4.69, 9.17) is 14.2 Å². The molecule has 56 heavy (non-hydrogen) atoms. The Morgan fingerprint density at radius 1 is 0.857 bits per heavy atom. The lowest BCUT2D eigenvalue weighted by Gasteiger charge is -2.41. The molecule has 1 saturated heterocycles. The number of nitrogens with zero attached hydrogens (tertiary/aromatic N) is 3. The van der Waals surface area contributed by atoms with E-state index in [2.05, 4.69) is 10.6 Å². The molecule has 1 aliphatic heterocycles. The zero-order chi connectivity index (χ0) is 42.4. The Balaban J connectivity index is 2.30. The molecule has 1 aromatic rings. The van der Waals surface area contributed by atoms with Crippen LogP contribution in [0.15, 0.2) is 30.3 Å². The van der Waals surface area contributed by atoms with Crippen molar-refractivity contribution in [2.45, 2.75) is 143 Å². The fraction of sp³-hybridized carbons (Fsp3) is 0.744. The normalized spacial score (nSPS) is 18.9. The lowest BCUT2D eigenvalue weighted by molar-refractivity contribution is -0.149. The van der Waals surface area contributed by atoms with Gasteiger partial charge in [-0.15, -0.1) is 0 Å². The SMILES string of the molecule is CC[C@H](C)[C@@H]([C@@H](CC(=O)N1CCC[C@H]1C(OC)C(C)C(=O)N[C@@H](Cc1ccccc1)C(=O)OC)OC)N(C)C(=O)[C@@H](NC(=O)[C@H](C(C)C)N(C)C(C)C)C(C)C. The maximum atomic E-state index is 14.4. The van der Waals surface area contributed by atoms with Crippen molar-refractivity contribution in [3.05, 3.63) is 35.9 Å². The van der Waals surface area contributed by atoms with E-state index in [1.165, 1.54) is 14.2 Å². The van der Waals surface area contributed by atoms with Crippen LogP contribution < -0.4 is 10.6 Å². The predicted octanol–water partition coefficient (Wildman–Crippen LogP) is 4.31. The second-order valence-electron chi connectivity index (χ2n) is 16.5. The van der Waals surface area contributed by atoms with E-state index in [0.29, 0.717) is 13.0 Å². The molecule has 2 unspecified atom stereocenters. The summed E-state index contributed by atoms with van der Waals surface area (Å²) in [5.41, 5.74) is 0.876. The van der Waals surface area contributed by atoms with Crippen molar-refractivity contribution in [1.82, 2.24) is 25.3 Å². The number of hydrogen-bond acceptors (Lipinski definition) is 9. The van der Waals surface area contributed by atoms with E-state index in [1.807, 2.05) is 97.7 Å². The molecule has 13 heteroatoms. The molecule has 1 aliphatic rings. The zero-order valence-corrected chi connectivity index (χ0v) is 36.7. The molecule has 0 saturated carbocycles. The second kappa shape index (κ2) is 23.0. The standard InChI is InChI=1S/C43H73N5O8/c1-15-29(8)38(47(11)42(52)36(26(2)3)45-41(51)37(27(4)5)46(10)28(6)7)34(54-12)25-35(49)48-23-19-22-33(48)39(55-13)30(9)40(50)44-32(43(53)56-14)24-31-20-17-16-18-21-31/h16-18,20-21,26-30,32-34,36-39H,15,19,22-25H2,1-14H3,(H,44,50)(H,45,51)/t29-,30?,32-,33-,34+,36-,37-,38-,39?/m0/s1. The highest BCUT2D eigenvalue weighted by atomic mass is 16.5. The number of carbonyl (C=O) groups excluding carboxylic acids is 5. The Labute approximate surface area is 336 Å². The summed E-state index contributed by atoms with van der Waals surface area (Å²) in [5.74, 6) is -2.42. The second-order valence-corrected chi connectivity index (χ2v) is 16.5. The number of likely N-dealkylation sites (tertiary alicyclic amines) is 1. The zero-order valence-electron chi connectivity index (χ0n) is 36.7. The van der Waals surface area contributed by atoms with E-state index < -0.39 is 54.3 Å². The van der Waals surface area contributed by atoms with Crippen LogP contribution in [0.1, 0.15) is 93.6 Å². The third-order valence-corrected chi connectivity index (χ3v) is 11.7. The van der Waals surface area contributed by atoms with Gasteiger partial charge in [0.2, 0.25) is 23.6 Å². The topological polar surface area (TPSA) is 147 Å². The van der Waals surface area contributed by atoms with E-state index >= 15 is 0 Å². The predicted molar refractivity (Wildman–Crippen MR) is 219 cm³/mol. The van der Waals surface area contributed by atoms with Gasteiger partial charge in [0.1, 0.15) is 12.1 Å². The summed E-state index contributed by atoms with van der Waals surface area (Å²) in [7, 11) is 8.04. The van der Waals surface area contributed by atoms with Crippen LogP contribution in [-0.2, 0) is 44.6 Å². The van der Waals surface area contributed by atoms with Crippen molar-refractivity contribution >= 4 is 29.6 Å². The first kappa shape index (κ1) is 48.6. The summed E-state index contributed by atoms with van der Waals surface area (Å²) >= 11 is 0. The molecule has 4 amide bonds. The number of benzene rings is 1. The van der Waals surface area contributed by atoms with E-state index in [0.717, 1.165) is 18.4 Å². The molecular weight excluding hydrogens is 714 g/mol. The maximum Gasteiger partial charge on any atom is 0.328 e. The van der Waals surface area contributed by atoms with Crippen molar-refractivity contribution in [2.24, 2.45) is 23.7 Å². The monoisotopic (exact) mass is 788 g/mol. The molecule has 2 rings (SSSR count). The first-order valence-corrected chi connectivity index (χ1v) is 20.4. The number of hydrogen-bond donors (Lipinski definition) is 2. The molecule has 0 aromatic heterocycles. The third-order valence-electron chi connectivity index (χ3n) is 11.7. The van der Waals surface area contributed by atoms with Gasteiger partial charge in [-0.2, -0.15) is 0 Å². The summed E-state index contributed by atoms with van der Waals surface area (Å²) in [6.07, 6.45) is 1.07. The van der Waals surface area contributed by atoms with Crippen LogP contribution in [0.2, 0.25) is 0 Å². The number of likely N-dealkylation sites (N-methyl/N-ethyl adjacent to an activating group) is 2. The Kier molecular flexibility index (Phi) is 20.0. The van der Waals surface area contributed by atoms with Gasteiger partial charge in [-0.05, 0) is 57.1 Å². The van der Waals surface area contributed by atoms with Gasteiger partial charge in [-0.1, -0.05) is 85.2 Å². The van der Waals surface area contributed by atoms with Crippen LogP contribution in [0.4, 0.5) is 0 Å². The summed E-state index contributed by atoms with van der Waals surface area (Å²) in [6.45, 7) is 18.2. The maximum absolute atomic E-state index is 14.4. The van der Waals surface area contributed by atoms with E-state index in [9.17, 15) is 24.0 Å². The average Bonchev–Trinajstić information content (AvgIpc) is 3.65. The number of esters is 1. The van der Waals surface area contributed by atoms with Gasteiger partial charge >= 0.3 is 5.97 Å². The number of carbonyl (C=O) groups is 5. The molecule has 0 radical (unpaired) electrons. The number of amides is 4. The van der Waals surface area contributed by atoms with E-state index in [-0.39, 0.29) is 60.3 Å². The number of ether oxygens (including phenoxy) is 3. The third kappa shape index (κ3) is 12.7. The highest BCUT2D eigenvalue weighted by Crippen LogP contribution is 2.30. The minimum absolute atomic E-state index is 0.00540. The largest absolute Gasteiger partial charge is 0.467 e. The summed E-state index contributed by atoms with van der Waals surface area (Å²) in [6, 6.07) is 6.58. The minimum Gasteiger partial charge on any atom is -0.467 e. The molecule has 318 valence electrons. The Morgan fingerprint density at radius 3 is 1.98 bits per heavy atom. The Bertz CT molecular complexity index is 1410. The first-order valence-electron chi connectivity index (χ1n) is 20.4. The van der Waals surface area contributed by atoms with Crippen molar-refractivity contribution in [3.8, 4) is 0 Å². The van der Waals surface area contributed by atoms with E-state index in [1.54, 1.807) is 30.9 Å². The molecule has 9 atom stereocenters. The molecule has 0 spiro atoms. The Hall–Kier alpha value is -3.55. The van der Waals surface area contributed by atoms with Gasteiger partial charge in [-0.3, -0.25) is 24.1 Å². The van der Waals surface area contributed by atoms with Gasteiger partial charge in [0, 0.05) is 40.3 Å². The smallest absolute Gasteiger partial charge is 0.328 e. The van der Waals surface area contributed by atoms with Crippen LogP contribution in [-0.4, -0.2) is 135 Å². The van der Waals surface area contributed by atoms with Crippen molar-refractivity contribution in [3.63, 3.8) is 0 Å². The lowest BCUT2D eigenvalue weighted by Crippen LogP contribution is -2.60. The quantitative estimate of drug-likeness (QED) is 0.164. The van der Waals surface area contributed by atoms with Crippen LogP contribution in [0.3, 0.4) is 0 Å². The highest BCUT2D eigenvalue weighted by molar-refractivity contribution is 5.90. The molecular formula is C43H73N5O8. The van der Waals surface area contributed by atoms with Gasteiger partial charge in [0.15, 0.2) is 0 Å². The van der Waals surface area contributed by atoms with Gasteiger partial charge in [-0.25, -0.2) is 4.79 Å². The summed E-state index contributed by atoms with van der Waals surface area (Å²) < 4.78 is 17.0. The number of rotatable bonds is 22. The van der Waals surface area contributed by atoms with Crippen LogP contribution >= 0.6 is 0 Å². The molecule has 0 bridgehead atoms. The van der Waals surface area contributed by atoms with Crippen LogP contribution in [0.25, 0.3) is 0 Å². The number of nitrogens with one attached hydrogen (secondary N) is 2. The van der Waals surface area contributed by atoms with Crippen LogP contribution in [0.5, 0.6) is 0 Å². The fourth-order valence-electron chi connectivity index (χ4n) is 8.05. The highest BCUT2D eigenvalue weighted by Gasteiger charge is 2.43. The first-order chi connectivity index (χ1) is 26.4. The van der Waals surface area contributed by atoms with Gasteiger partial charge < -0.3 is 34.6 Å². The average molecular weight is 788 g/mol. The van der Waals surface area contributed by atoms with Gasteiger partial charge in [0.05, 0.1) is 49.8 Å². The summed E-state index contributed by atoms with van der Waals surface area (Å²) in [4.78, 5) is 74.2. The minimum atomic E-state index is -0.891. The molecule has 1 aromatic carbocycles. The van der Waals surface area contributed by atoms with Crippen molar-refractivity contribution in [1.29, 1.82) is 0 Å². The molecule has 1 heterocycles. The fourth-order valence-corrected chi connectivity index (χ4v) is 8.05. The van der Waals surface area contributed by atoms with Crippen LogP contribution in [0, 0.1) is 23.7 Å². The number of methoxy groups -OCH3 is 3. The molecule has 1 fully saturated rings. The molecule has 13 nitrogen and oxygen atoms in total. The summed E-state index contributed by atoms with van der Waals surface area (Å²) in [5, 5.41) is 5.95. The lowest BCUT2D eigenvalue weighted by atomic mass is 9.89. The van der Waals surface area contributed by atoms with Crippen molar-refractivity contribution in [2.75, 3.05) is 42.0 Å².